The van der Waals surface area contributed by atoms with Crippen LogP contribution in [-0.2, 0) is 9.59 Å². The van der Waals surface area contributed by atoms with Crippen LogP contribution in [0.1, 0.15) is 17.9 Å². The van der Waals surface area contributed by atoms with Crippen LogP contribution in [0.2, 0.25) is 0 Å². The smallest absolute Gasteiger partial charge is 0.232 e. The Balaban J connectivity index is 0.00000220. The van der Waals surface area contributed by atoms with Gasteiger partial charge in [-0.3, -0.25) is 9.59 Å². The van der Waals surface area contributed by atoms with E-state index in [-0.39, 0.29) is 42.6 Å². The van der Waals surface area contributed by atoms with E-state index in [2.05, 4.69) is 0 Å². The highest BCUT2D eigenvalue weighted by molar-refractivity contribution is 5.96. The van der Waals surface area contributed by atoms with Gasteiger partial charge in [0.15, 0.2) is 0 Å². The Morgan fingerprint density at radius 2 is 1.86 bits per heavy atom. The van der Waals surface area contributed by atoms with E-state index in [0.717, 1.165) is 5.56 Å². The minimum absolute atomic E-state index is 0. The van der Waals surface area contributed by atoms with Gasteiger partial charge in [-0.2, -0.15) is 0 Å². The molecule has 116 valence electrons. The van der Waals surface area contributed by atoms with Gasteiger partial charge in [0.05, 0.1) is 0 Å². The van der Waals surface area contributed by atoms with Crippen LogP contribution in [-0.4, -0.2) is 54.8 Å². The standard InChI is InChI=1S/C15H21N3O2.ClH/c1-17(2)14(19)8-15(20)18-9-12(13(16)10-18)11-6-4-3-5-7-11;/h3-7,12-13H,8-10,16H2,1-2H3;1H/t12-,13+;/m0./s1. The van der Waals surface area contributed by atoms with Gasteiger partial charge in [0.1, 0.15) is 6.42 Å². The van der Waals surface area contributed by atoms with Crippen molar-refractivity contribution in [3.63, 3.8) is 0 Å². The van der Waals surface area contributed by atoms with Gasteiger partial charge in [-0.15, -0.1) is 12.4 Å². The first-order valence-corrected chi connectivity index (χ1v) is 6.77. The molecular formula is C15H22ClN3O2. The second kappa shape index (κ2) is 7.43. The maximum atomic E-state index is 12.1. The molecule has 6 heteroatoms. The second-order valence-corrected chi connectivity index (χ2v) is 5.44. The van der Waals surface area contributed by atoms with Crippen molar-refractivity contribution in [3.8, 4) is 0 Å². The number of amides is 2. The van der Waals surface area contributed by atoms with E-state index in [1.165, 1.54) is 4.90 Å². The molecule has 1 aliphatic heterocycles. The quantitative estimate of drug-likeness (QED) is 0.841. The average molecular weight is 312 g/mol. The minimum Gasteiger partial charge on any atom is -0.348 e. The molecular weight excluding hydrogens is 290 g/mol. The lowest BCUT2D eigenvalue weighted by Crippen LogP contribution is -2.35. The zero-order chi connectivity index (χ0) is 14.7. The van der Waals surface area contributed by atoms with Gasteiger partial charge in [-0.05, 0) is 5.56 Å². The predicted octanol–water partition coefficient (Wildman–Crippen LogP) is 0.840. The lowest BCUT2D eigenvalue weighted by molar-refractivity contribution is -0.138. The van der Waals surface area contributed by atoms with Gasteiger partial charge in [-0.1, -0.05) is 30.3 Å². The molecule has 2 atom stereocenters. The van der Waals surface area contributed by atoms with Gasteiger partial charge in [0, 0.05) is 39.1 Å². The van der Waals surface area contributed by atoms with E-state index < -0.39 is 0 Å². The third-order valence-electron chi connectivity index (χ3n) is 3.75. The molecule has 2 rings (SSSR count). The fraction of sp³-hybridized carbons (Fsp3) is 0.467. The molecule has 21 heavy (non-hydrogen) atoms. The number of nitrogens with zero attached hydrogens (tertiary/aromatic N) is 2. The molecule has 1 fully saturated rings. The summed E-state index contributed by atoms with van der Waals surface area (Å²) in [7, 11) is 3.30. The van der Waals surface area contributed by atoms with Crippen molar-refractivity contribution >= 4 is 24.2 Å². The lowest BCUT2D eigenvalue weighted by atomic mass is 9.95. The fourth-order valence-corrected chi connectivity index (χ4v) is 2.48. The Morgan fingerprint density at radius 1 is 1.24 bits per heavy atom. The predicted molar refractivity (Wildman–Crippen MR) is 84.3 cm³/mol. The zero-order valence-electron chi connectivity index (χ0n) is 12.4. The molecule has 0 radical (unpaired) electrons. The molecule has 1 heterocycles. The van der Waals surface area contributed by atoms with Crippen LogP contribution >= 0.6 is 12.4 Å². The van der Waals surface area contributed by atoms with E-state index in [1.54, 1.807) is 19.0 Å². The van der Waals surface area contributed by atoms with Crippen molar-refractivity contribution in [3.05, 3.63) is 35.9 Å². The summed E-state index contributed by atoms with van der Waals surface area (Å²) in [5.74, 6) is -0.168. The van der Waals surface area contributed by atoms with Crippen molar-refractivity contribution in [2.75, 3.05) is 27.2 Å². The van der Waals surface area contributed by atoms with Crippen LogP contribution in [0.15, 0.2) is 30.3 Å². The fourth-order valence-electron chi connectivity index (χ4n) is 2.48. The van der Waals surface area contributed by atoms with E-state index in [4.69, 9.17) is 5.73 Å². The normalized spacial score (nSPS) is 20.8. The highest BCUT2D eigenvalue weighted by Crippen LogP contribution is 2.26. The Hall–Kier alpha value is -1.59. The molecule has 5 nitrogen and oxygen atoms in total. The van der Waals surface area contributed by atoms with Gasteiger partial charge in [0.2, 0.25) is 11.8 Å². The largest absolute Gasteiger partial charge is 0.348 e. The molecule has 1 saturated heterocycles. The lowest BCUT2D eigenvalue weighted by Gasteiger charge is -2.17. The summed E-state index contributed by atoms with van der Waals surface area (Å²) >= 11 is 0. The first kappa shape index (κ1) is 17.5. The van der Waals surface area contributed by atoms with E-state index in [1.807, 2.05) is 30.3 Å². The number of benzene rings is 1. The summed E-state index contributed by atoms with van der Waals surface area (Å²) in [5.41, 5.74) is 7.29. The first-order valence-electron chi connectivity index (χ1n) is 6.77. The van der Waals surface area contributed by atoms with Crippen LogP contribution in [0.4, 0.5) is 0 Å². The van der Waals surface area contributed by atoms with Gasteiger partial charge < -0.3 is 15.5 Å². The number of carbonyl (C=O) groups excluding carboxylic acids is 2. The summed E-state index contributed by atoms with van der Waals surface area (Å²) in [6.07, 6.45) is -0.0821. The molecule has 0 unspecified atom stereocenters. The second-order valence-electron chi connectivity index (χ2n) is 5.44. The van der Waals surface area contributed by atoms with E-state index in [0.29, 0.717) is 13.1 Å². The highest BCUT2D eigenvalue weighted by Gasteiger charge is 2.34. The Bertz CT molecular complexity index is 493. The molecule has 0 aromatic heterocycles. The number of rotatable bonds is 3. The monoisotopic (exact) mass is 311 g/mol. The van der Waals surface area contributed by atoms with E-state index in [9.17, 15) is 9.59 Å². The Labute approximate surface area is 131 Å². The van der Waals surface area contributed by atoms with Crippen LogP contribution in [0.25, 0.3) is 0 Å². The van der Waals surface area contributed by atoms with Crippen LogP contribution in [0.5, 0.6) is 0 Å². The first-order chi connectivity index (χ1) is 9.49. The molecule has 0 aliphatic carbocycles. The summed E-state index contributed by atoms with van der Waals surface area (Å²) < 4.78 is 0. The van der Waals surface area contributed by atoms with Gasteiger partial charge in [0.25, 0.3) is 0 Å². The SMILES string of the molecule is CN(C)C(=O)CC(=O)N1C[C@@H](N)[C@H](c2ccccc2)C1.Cl. The number of hydrogen-bond donors (Lipinski definition) is 1. The molecule has 1 aromatic carbocycles. The van der Waals surface area contributed by atoms with Crippen LogP contribution in [0, 0.1) is 0 Å². The number of nitrogens with two attached hydrogens (primary N) is 1. The average Bonchev–Trinajstić information content (AvgIpc) is 2.81. The highest BCUT2D eigenvalue weighted by atomic mass is 35.5. The van der Waals surface area contributed by atoms with Crippen molar-refractivity contribution in [1.29, 1.82) is 0 Å². The minimum atomic E-state index is -0.174. The molecule has 2 N–H and O–H groups in total. The maximum absolute atomic E-state index is 12.1. The van der Waals surface area contributed by atoms with Gasteiger partial charge >= 0.3 is 0 Å². The topological polar surface area (TPSA) is 66.6 Å². The number of hydrogen-bond acceptors (Lipinski definition) is 3. The molecule has 0 saturated carbocycles. The molecule has 2 amide bonds. The molecule has 0 bridgehead atoms. The Kier molecular flexibility index (Phi) is 6.18. The number of carbonyl (C=O) groups is 2. The number of halogens is 1. The van der Waals surface area contributed by atoms with Crippen molar-refractivity contribution < 1.29 is 9.59 Å². The van der Waals surface area contributed by atoms with E-state index >= 15 is 0 Å². The van der Waals surface area contributed by atoms with Gasteiger partial charge in [-0.25, -0.2) is 0 Å². The summed E-state index contributed by atoms with van der Waals surface area (Å²) in [6, 6.07) is 9.90. The van der Waals surface area contributed by atoms with Crippen molar-refractivity contribution in [1.82, 2.24) is 9.80 Å². The van der Waals surface area contributed by atoms with Crippen molar-refractivity contribution in [2.24, 2.45) is 5.73 Å². The third kappa shape index (κ3) is 4.19. The van der Waals surface area contributed by atoms with Crippen molar-refractivity contribution in [2.45, 2.75) is 18.4 Å². The third-order valence-corrected chi connectivity index (χ3v) is 3.75. The van der Waals surface area contributed by atoms with Crippen LogP contribution < -0.4 is 5.73 Å². The summed E-state index contributed by atoms with van der Waals surface area (Å²) in [5, 5.41) is 0. The zero-order valence-corrected chi connectivity index (χ0v) is 13.2. The number of likely N-dealkylation sites (tertiary alicyclic amines) is 1. The summed E-state index contributed by atoms with van der Waals surface area (Å²) in [6.45, 7) is 1.10. The maximum Gasteiger partial charge on any atom is 0.232 e. The molecule has 1 aliphatic rings. The Morgan fingerprint density at radius 3 is 2.43 bits per heavy atom. The van der Waals surface area contributed by atoms with Crippen LogP contribution in [0.3, 0.4) is 0 Å². The molecule has 0 spiro atoms. The summed E-state index contributed by atoms with van der Waals surface area (Å²) in [4.78, 5) is 26.8. The molecule has 1 aromatic rings.